The zero-order valence-corrected chi connectivity index (χ0v) is 18.6. The molecule has 1 saturated heterocycles. The highest BCUT2D eigenvalue weighted by Gasteiger charge is 2.23. The van der Waals surface area contributed by atoms with Gasteiger partial charge in [-0.25, -0.2) is 4.68 Å². The van der Waals surface area contributed by atoms with Gasteiger partial charge in [0.05, 0.1) is 5.69 Å². The maximum atomic E-state index is 13.1. The van der Waals surface area contributed by atoms with E-state index in [1.165, 1.54) is 24.0 Å². The first-order valence-electron chi connectivity index (χ1n) is 11.2. The van der Waals surface area contributed by atoms with Gasteiger partial charge in [-0.2, -0.15) is 5.10 Å². The molecule has 1 unspecified atom stereocenters. The van der Waals surface area contributed by atoms with Crippen LogP contribution in [0.1, 0.15) is 34.3 Å². The van der Waals surface area contributed by atoms with Crippen molar-refractivity contribution in [2.45, 2.75) is 26.2 Å². The van der Waals surface area contributed by atoms with Gasteiger partial charge in [-0.15, -0.1) is 0 Å². The Kier molecular flexibility index (Phi) is 6.82. The molecule has 162 valence electrons. The third-order valence-electron chi connectivity index (χ3n) is 6.30. The summed E-state index contributed by atoms with van der Waals surface area (Å²) in [6.45, 7) is 6.30. The third-order valence-corrected chi connectivity index (χ3v) is 6.30. The number of hydrogen-bond donors (Lipinski definition) is 0. The maximum Gasteiger partial charge on any atom is 0.253 e. The minimum absolute atomic E-state index is 0.0750. The smallest absolute Gasteiger partial charge is 0.253 e. The molecule has 0 saturated carbocycles. The largest absolute Gasteiger partial charge is 0.341 e. The quantitative estimate of drug-likeness (QED) is 0.579. The minimum Gasteiger partial charge on any atom is -0.341 e. The Bertz CT molecular complexity index is 998. The molecule has 0 radical (unpaired) electrons. The lowest BCUT2D eigenvalue weighted by molar-refractivity contribution is 0.0730. The molecule has 1 aliphatic heterocycles. The molecule has 1 atom stereocenters. The van der Waals surface area contributed by atoms with Gasteiger partial charge in [0.15, 0.2) is 0 Å². The summed E-state index contributed by atoms with van der Waals surface area (Å²) in [6.07, 6.45) is 7.12. The average Bonchev–Trinajstić information content (AvgIpc) is 3.33. The average molecular weight is 417 g/mol. The molecule has 2 aromatic carbocycles. The summed E-state index contributed by atoms with van der Waals surface area (Å²) in [4.78, 5) is 17.5. The number of nitrogens with zero attached hydrogens (tertiary/aromatic N) is 4. The van der Waals surface area contributed by atoms with Gasteiger partial charge < -0.3 is 9.80 Å². The van der Waals surface area contributed by atoms with Crippen molar-refractivity contribution in [3.8, 4) is 5.69 Å². The topological polar surface area (TPSA) is 41.4 Å². The van der Waals surface area contributed by atoms with Gasteiger partial charge in [0.1, 0.15) is 0 Å². The van der Waals surface area contributed by atoms with Gasteiger partial charge in [0, 0.05) is 44.6 Å². The summed E-state index contributed by atoms with van der Waals surface area (Å²) in [5.74, 6) is 0.597. The number of aryl methyl sites for hydroxylation is 1. The van der Waals surface area contributed by atoms with Gasteiger partial charge in [0.2, 0.25) is 0 Å². The molecule has 5 heteroatoms. The van der Waals surface area contributed by atoms with Crippen molar-refractivity contribution < 1.29 is 4.79 Å². The summed E-state index contributed by atoms with van der Waals surface area (Å²) in [5, 5.41) is 4.26. The van der Waals surface area contributed by atoms with E-state index in [0.717, 1.165) is 38.3 Å². The molecular formula is C26H32N4O. The summed E-state index contributed by atoms with van der Waals surface area (Å²) in [5.41, 5.74) is 4.43. The Morgan fingerprint density at radius 2 is 2.03 bits per heavy atom. The summed E-state index contributed by atoms with van der Waals surface area (Å²) in [7, 11) is 1.93. The van der Waals surface area contributed by atoms with E-state index >= 15 is 0 Å². The van der Waals surface area contributed by atoms with Crippen LogP contribution in [0.3, 0.4) is 0 Å². The monoisotopic (exact) mass is 416 g/mol. The second-order valence-electron chi connectivity index (χ2n) is 8.67. The standard InChI is InChI=1S/C26H32N4O/c1-21-8-3-4-10-23(21)13-17-29-15-6-9-22(20-29)19-28(2)26(31)24-11-5-12-25(18-24)30-16-7-14-27-30/h3-5,7-8,10-12,14,16,18,22H,6,9,13,15,17,19-20H2,1-2H3. The van der Waals surface area contributed by atoms with Crippen molar-refractivity contribution >= 4 is 5.91 Å². The van der Waals surface area contributed by atoms with Crippen molar-refractivity contribution in [1.29, 1.82) is 0 Å². The fraction of sp³-hybridized carbons (Fsp3) is 0.385. The number of benzene rings is 2. The Morgan fingerprint density at radius 3 is 2.84 bits per heavy atom. The zero-order valence-electron chi connectivity index (χ0n) is 18.6. The Morgan fingerprint density at radius 1 is 1.16 bits per heavy atom. The highest BCUT2D eigenvalue weighted by Crippen LogP contribution is 2.20. The number of carbonyl (C=O) groups is 1. The zero-order chi connectivity index (χ0) is 21.6. The van der Waals surface area contributed by atoms with E-state index in [0.29, 0.717) is 11.5 Å². The van der Waals surface area contributed by atoms with Crippen molar-refractivity contribution in [3.05, 3.63) is 83.7 Å². The van der Waals surface area contributed by atoms with Crippen LogP contribution in [0.15, 0.2) is 67.0 Å². The minimum atomic E-state index is 0.0750. The predicted molar refractivity (Wildman–Crippen MR) is 125 cm³/mol. The number of carbonyl (C=O) groups excluding carboxylic acids is 1. The van der Waals surface area contributed by atoms with E-state index in [4.69, 9.17) is 0 Å². The molecule has 4 rings (SSSR count). The third kappa shape index (κ3) is 5.42. The van der Waals surface area contributed by atoms with Crippen LogP contribution in [-0.4, -0.2) is 58.7 Å². The molecule has 5 nitrogen and oxygen atoms in total. The maximum absolute atomic E-state index is 13.1. The highest BCUT2D eigenvalue weighted by molar-refractivity contribution is 5.94. The highest BCUT2D eigenvalue weighted by atomic mass is 16.2. The Hall–Kier alpha value is -2.92. The lowest BCUT2D eigenvalue weighted by Gasteiger charge is -2.35. The summed E-state index contributed by atoms with van der Waals surface area (Å²) in [6, 6.07) is 18.2. The molecule has 2 heterocycles. The van der Waals surface area contributed by atoms with E-state index in [-0.39, 0.29) is 5.91 Å². The molecule has 3 aromatic rings. The van der Waals surface area contributed by atoms with Crippen molar-refractivity contribution in [3.63, 3.8) is 0 Å². The molecule has 1 aromatic heterocycles. The second kappa shape index (κ2) is 9.92. The van der Waals surface area contributed by atoms with E-state index < -0.39 is 0 Å². The first kappa shape index (κ1) is 21.3. The SMILES string of the molecule is Cc1ccccc1CCN1CCCC(CN(C)C(=O)c2cccc(-n3cccn3)c2)C1. The molecule has 0 spiro atoms. The van der Waals surface area contributed by atoms with Crippen LogP contribution in [0.25, 0.3) is 5.69 Å². The normalized spacial score (nSPS) is 16.9. The lowest BCUT2D eigenvalue weighted by Crippen LogP contribution is -2.42. The lowest BCUT2D eigenvalue weighted by atomic mass is 9.96. The van der Waals surface area contributed by atoms with Gasteiger partial charge >= 0.3 is 0 Å². The summed E-state index contributed by atoms with van der Waals surface area (Å²) >= 11 is 0. The molecule has 0 aliphatic carbocycles. The molecule has 0 N–H and O–H groups in total. The molecule has 1 fully saturated rings. The van der Waals surface area contributed by atoms with E-state index in [1.807, 2.05) is 48.5 Å². The number of amides is 1. The number of piperidine rings is 1. The Labute approximate surface area is 185 Å². The first-order valence-corrected chi connectivity index (χ1v) is 11.2. The van der Waals surface area contributed by atoms with Gasteiger partial charge in [0.25, 0.3) is 5.91 Å². The molecule has 31 heavy (non-hydrogen) atoms. The first-order chi connectivity index (χ1) is 15.1. The van der Waals surface area contributed by atoms with E-state index in [1.54, 1.807) is 10.9 Å². The number of aromatic nitrogens is 2. The van der Waals surface area contributed by atoms with Crippen LogP contribution in [0.2, 0.25) is 0 Å². The van der Waals surface area contributed by atoms with Crippen LogP contribution in [0, 0.1) is 12.8 Å². The number of rotatable bonds is 7. The van der Waals surface area contributed by atoms with Gasteiger partial charge in [-0.3, -0.25) is 4.79 Å². The van der Waals surface area contributed by atoms with Gasteiger partial charge in [-0.1, -0.05) is 30.3 Å². The number of hydrogen-bond acceptors (Lipinski definition) is 3. The van der Waals surface area contributed by atoms with Gasteiger partial charge in [-0.05, 0) is 74.0 Å². The second-order valence-corrected chi connectivity index (χ2v) is 8.67. The fourth-order valence-electron chi connectivity index (χ4n) is 4.57. The van der Waals surface area contributed by atoms with Crippen LogP contribution >= 0.6 is 0 Å². The van der Waals surface area contributed by atoms with Crippen molar-refractivity contribution in [2.24, 2.45) is 5.92 Å². The molecule has 1 aliphatic rings. The van der Waals surface area contributed by atoms with E-state index in [9.17, 15) is 4.79 Å². The van der Waals surface area contributed by atoms with Crippen molar-refractivity contribution in [2.75, 3.05) is 33.2 Å². The van der Waals surface area contributed by atoms with Crippen LogP contribution in [0.4, 0.5) is 0 Å². The van der Waals surface area contributed by atoms with Crippen molar-refractivity contribution in [1.82, 2.24) is 19.6 Å². The Balaban J connectivity index is 1.32. The molecule has 0 bridgehead atoms. The van der Waals surface area contributed by atoms with E-state index in [2.05, 4.69) is 41.2 Å². The molecule has 1 amide bonds. The van der Waals surface area contributed by atoms with Crippen LogP contribution in [-0.2, 0) is 6.42 Å². The summed E-state index contributed by atoms with van der Waals surface area (Å²) < 4.78 is 1.78. The molecular weight excluding hydrogens is 384 g/mol. The number of likely N-dealkylation sites (tertiary alicyclic amines) is 1. The predicted octanol–water partition coefficient (Wildman–Crippen LogP) is 4.21. The fourth-order valence-corrected chi connectivity index (χ4v) is 4.57. The van der Waals surface area contributed by atoms with Crippen LogP contribution in [0.5, 0.6) is 0 Å². The van der Waals surface area contributed by atoms with Crippen LogP contribution < -0.4 is 0 Å².